The first-order valence-corrected chi connectivity index (χ1v) is 11.2. The highest BCUT2D eigenvalue weighted by Crippen LogP contribution is 2.39. The molecular formula is C24H23N5OS. The Bertz CT molecular complexity index is 1270. The summed E-state index contributed by atoms with van der Waals surface area (Å²) in [5, 5.41) is 7.32. The molecule has 3 heterocycles. The van der Waals surface area contributed by atoms with E-state index in [9.17, 15) is 4.79 Å². The number of aromatic nitrogens is 2. The van der Waals surface area contributed by atoms with Crippen LogP contribution in [-0.2, 0) is 13.0 Å². The molecule has 1 amide bonds. The van der Waals surface area contributed by atoms with Gasteiger partial charge >= 0.3 is 0 Å². The second-order valence-electron chi connectivity index (χ2n) is 7.75. The zero-order chi connectivity index (χ0) is 21.4. The van der Waals surface area contributed by atoms with E-state index in [0.29, 0.717) is 17.9 Å². The van der Waals surface area contributed by atoms with Gasteiger partial charge in [0.15, 0.2) is 11.6 Å². The molecule has 5 rings (SSSR count). The van der Waals surface area contributed by atoms with Crippen molar-refractivity contribution in [2.45, 2.75) is 19.4 Å². The maximum atomic E-state index is 11.8. The molecule has 2 aromatic carbocycles. The summed E-state index contributed by atoms with van der Waals surface area (Å²) in [4.78, 5) is 24.9. The second kappa shape index (κ2) is 8.00. The molecule has 156 valence electrons. The molecule has 0 unspecified atom stereocenters. The fraction of sp³-hybridized carbons (Fsp3) is 0.208. The summed E-state index contributed by atoms with van der Waals surface area (Å²) in [5.41, 5.74) is 9.43. The highest BCUT2D eigenvalue weighted by Gasteiger charge is 2.23. The van der Waals surface area contributed by atoms with Crippen molar-refractivity contribution in [3.05, 3.63) is 70.7 Å². The van der Waals surface area contributed by atoms with E-state index in [1.165, 1.54) is 5.56 Å². The van der Waals surface area contributed by atoms with Gasteiger partial charge in [-0.1, -0.05) is 42.5 Å². The van der Waals surface area contributed by atoms with Gasteiger partial charge in [-0.15, -0.1) is 11.3 Å². The molecule has 3 N–H and O–H groups in total. The number of fused-ring (bicyclic) bond motifs is 2. The number of nitrogens with one attached hydrogen (secondary N) is 1. The smallest absolute Gasteiger partial charge is 0.249 e. The van der Waals surface area contributed by atoms with Gasteiger partial charge in [0, 0.05) is 41.9 Å². The van der Waals surface area contributed by atoms with E-state index in [4.69, 9.17) is 15.7 Å². The van der Waals surface area contributed by atoms with Crippen molar-refractivity contribution in [3.8, 4) is 10.7 Å². The Kier molecular flexibility index (Phi) is 5.03. The molecule has 31 heavy (non-hydrogen) atoms. The lowest BCUT2D eigenvalue weighted by atomic mass is 10.1. The van der Waals surface area contributed by atoms with Crippen molar-refractivity contribution in [3.63, 3.8) is 0 Å². The molecule has 0 radical (unpaired) electrons. The van der Waals surface area contributed by atoms with E-state index in [1.807, 2.05) is 35.7 Å². The van der Waals surface area contributed by atoms with Crippen molar-refractivity contribution < 1.29 is 4.79 Å². The molecule has 7 heteroatoms. The molecule has 6 nitrogen and oxygen atoms in total. The average Bonchev–Trinajstić information content (AvgIpc) is 3.22. The molecule has 1 aliphatic rings. The Balaban J connectivity index is 1.61. The predicted molar refractivity (Wildman–Crippen MR) is 127 cm³/mol. The lowest BCUT2D eigenvalue weighted by molar-refractivity contribution is 0.100. The van der Waals surface area contributed by atoms with Crippen LogP contribution in [0.3, 0.4) is 0 Å². The summed E-state index contributed by atoms with van der Waals surface area (Å²) < 4.78 is 0. The van der Waals surface area contributed by atoms with E-state index in [2.05, 4.69) is 29.4 Å². The minimum Gasteiger partial charge on any atom is -0.370 e. The Morgan fingerprint density at radius 3 is 2.77 bits per heavy atom. The lowest BCUT2D eigenvalue weighted by Crippen LogP contribution is -2.27. The van der Waals surface area contributed by atoms with Crippen LogP contribution < -0.4 is 16.0 Å². The van der Waals surface area contributed by atoms with E-state index in [1.54, 1.807) is 17.4 Å². The van der Waals surface area contributed by atoms with Crippen LogP contribution in [0.15, 0.2) is 53.9 Å². The van der Waals surface area contributed by atoms with Gasteiger partial charge in [-0.3, -0.25) is 4.79 Å². The fourth-order valence-electron chi connectivity index (χ4n) is 4.14. The molecule has 0 spiro atoms. The van der Waals surface area contributed by atoms with E-state index >= 15 is 0 Å². The van der Waals surface area contributed by atoms with Crippen LogP contribution in [0.25, 0.3) is 21.5 Å². The Morgan fingerprint density at radius 1 is 1.13 bits per heavy atom. The normalized spacial score (nSPS) is 13.3. The highest BCUT2D eigenvalue weighted by atomic mass is 32.1. The van der Waals surface area contributed by atoms with Crippen molar-refractivity contribution in [1.29, 1.82) is 0 Å². The van der Waals surface area contributed by atoms with Gasteiger partial charge in [0.1, 0.15) is 5.69 Å². The van der Waals surface area contributed by atoms with Crippen molar-refractivity contribution >= 4 is 39.5 Å². The van der Waals surface area contributed by atoms with Crippen LogP contribution in [0.1, 0.15) is 28.0 Å². The van der Waals surface area contributed by atoms with Crippen molar-refractivity contribution in [2.24, 2.45) is 5.73 Å². The van der Waals surface area contributed by atoms with Gasteiger partial charge in [-0.05, 0) is 24.5 Å². The third-order valence-electron chi connectivity index (χ3n) is 5.66. The highest BCUT2D eigenvalue weighted by molar-refractivity contribution is 7.15. The number of primary amides is 1. The number of benzene rings is 2. The summed E-state index contributed by atoms with van der Waals surface area (Å²) in [5.74, 6) is 1.11. The number of nitrogens with two attached hydrogens (primary N) is 1. The van der Waals surface area contributed by atoms with Crippen LogP contribution in [-0.4, -0.2) is 29.5 Å². The first kappa shape index (κ1) is 19.5. The van der Waals surface area contributed by atoms with Gasteiger partial charge in [0.2, 0.25) is 5.91 Å². The molecule has 0 saturated heterocycles. The number of rotatable bonds is 5. The first-order valence-electron chi connectivity index (χ1n) is 10.3. The van der Waals surface area contributed by atoms with Crippen molar-refractivity contribution in [1.82, 2.24) is 9.97 Å². The molecule has 0 bridgehead atoms. The van der Waals surface area contributed by atoms with Crippen LogP contribution >= 0.6 is 11.3 Å². The van der Waals surface area contributed by atoms with Crippen molar-refractivity contribution in [2.75, 3.05) is 23.8 Å². The second-order valence-corrected chi connectivity index (χ2v) is 8.63. The standard InChI is InChI=1S/C24H23N5OS/c1-29-12-6-11-19-20(29)23(26-13-15-7-3-2-4-8-15)28-24(27-19)21-16-9-5-10-17(22(25)30)18(16)14-31-21/h2-5,7-10,14H,6,11-13H2,1H3,(H2,25,30)(H,26,27,28). The van der Waals surface area contributed by atoms with Gasteiger partial charge in [-0.25, -0.2) is 9.97 Å². The minimum absolute atomic E-state index is 0.423. The third kappa shape index (κ3) is 3.61. The van der Waals surface area contributed by atoms with Gasteiger partial charge < -0.3 is 16.0 Å². The topological polar surface area (TPSA) is 84.1 Å². The Morgan fingerprint density at radius 2 is 1.97 bits per heavy atom. The molecule has 0 fully saturated rings. The molecule has 0 aliphatic carbocycles. The van der Waals surface area contributed by atoms with Crippen LogP contribution in [0.4, 0.5) is 11.5 Å². The lowest BCUT2D eigenvalue weighted by Gasteiger charge is -2.29. The monoisotopic (exact) mass is 429 g/mol. The van der Waals surface area contributed by atoms with Crippen LogP contribution in [0, 0.1) is 0 Å². The largest absolute Gasteiger partial charge is 0.370 e. The SMILES string of the molecule is CN1CCCc2nc(-c3scc4c(C(N)=O)cccc34)nc(NCc3ccccc3)c21. The summed E-state index contributed by atoms with van der Waals surface area (Å²) >= 11 is 1.55. The van der Waals surface area contributed by atoms with Crippen LogP contribution in [0.5, 0.6) is 0 Å². The zero-order valence-corrected chi connectivity index (χ0v) is 18.1. The maximum Gasteiger partial charge on any atom is 0.249 e. The number of nitrogens with zero attached hydrogens (tertiary/aromatic N) is 3. The molecule has 2 aromatic heterocycles. The fourth-order valence-corrected chi connectivity index (χ4v) is 5.13. The summed E-state index contributed by atoms with van der Waals surface area (Å²) in [6, 6.07) is 15.9. The van der Waals surface area contributed by atoms with Gasteiger partial charge in [0.25, 0.3) is 0 Å². The number of aryl methyl sites for hydroxylation is 1. The molecule has 4 aromatic rings. The minimum atomic E-state index is -0.423. The first-order chi connectivity index (χ1) is 15.1. The molecular weight excluding hydrogens is 406 g/mol. The van der Waals surface area contributed by atoms with E-state index < -0.39 is 5.91 Å². The number of carbonyl (C=O) groups is 1. The number of thiophene rings is 1. The Labute approximate surface area is 184 Å². The number of amides is 1. The quantitative estimate of drug-likeness (QED) is 0.490. The number of anilines is 2. The van der Waals surface area contributed by atoms with E-state index in [-0.39, 0.29) is 0 Å². The van der Waals surface area contributed by atoms with Gasteiger partial charge in [0.05, 0.1) is 10.6 Å². The van der Waals surface area contributed by atoms with Gasteiger partial charge in [-0.2, -0.15) is 0 Å². The number of carbonyl (C=O) groups excluding carboxylic acids is 1. The third-order valence-corrected chi connectivity index (χ3v) is 6.65. The maximum absolute atomic E-state index is 11.8. The Hall–Kier alpha value is -3.45. The zero-order valence-electron chi connectivity index (χ0n) is 17.3. The molecule has 0 saturated carbocycles. The number of hydrogen-bond donors (Lipinski definition) is 2. The molecule has 1 aliphatic heterocycles. The van der Waals surface area contributed by atoms with Crippen LogP contribution in [0.2, 0.25) is 0 Å². The predicted octanol–water partition coefficient (Wildman–Crippen LogP) is 4.45. The summed E-state index contributed by atoms with van der Waals surface area (Å²) in [7, 11) is 2.09. The molecule has 0 atom stereocenters. The number of hydrogen-bond acceptors (Lipinski definition) is 6. The summed E-state index contributed by atoms with van der Waals surface area (Å²) in [6.07, 6.45) is 1.99. The average molecular weight is 430 g/mol. The van der Waals surface area contributed by atoms with E-state index in [0.717, 1.165) is 52.2 Å². The summed E-state index contributed by atoms with van der Waals surface area (Å²) in [6.45, 7) is 1.67.